The molecular formula is C18H23ClN2O2S. The third-order valence-electron chi connectivity index (χ3n) is 4.19. The number of nitrogens with zero attached hydrogens (tertiary/aromatic N) is 1. The van der Waals surface area contributed by atoms with Crippen LogP contribution >= 0.6 is 23.7 Å². The molecule has 24 heavy (non-hydrogen) atoms. The normalized spacial score (nSPS) is 17.0. The number of hydrogen-bond acceptors (Lipinski definition) is 4. The van der Waals surface area contributed by atoms with E-state index in [4.69, 9.17) is 4.74 Å². The van der Waals surface area contributed by atoms with Gasteiger partial charge in [-0.15, -0.1) is 23.7 Å². The summed E-state index contributed by atoms with van der Waals surface area (Å²) in [6.45, 7) is 2.41. The zero-order valence-electron chi connectivity index (χ0n) is 13.7. The zero-order valence-corrected chi connectivity index (χ0v) is 15.4. The van der Waals surface area contributed by atoms with Crippen molar-refractivity contribution in [3.8, 4) is 5.75 Å². The van der Waals surface area contributed by atoms with E-state index in [0.29, 0.717) is 6.54 Å². The summed E-state index contributed by atoms with van der Waals surface area (Å²) >= 11 is 1.68. The van der Waals surface area contributed by atoms with Gasteiger partial charge in [0, 0.05) is 17.1 Å². The molecule has 0 radical (unpaired) electrons. The average molecular weight is 367 g/mol. The van der Waals surface area contributed by atoms with E-state index in [-0.39, 0.29) is 24.2 Å². The molecule has 1 amide bonds. The molecule has 2 heterocycles. The number of anilines is 1. The van der Waals surface area contributed by atoms with E-state index >= 15 is 0 Å². The highest BCUT2D eigenvalue weighted by Gasteiger charge is 2.27. The van der Waals surface area contributed by atoms with E-state index in [1.54, 1.807) is 18.4 Å². The van der Waals surface area contributed by atoms with Gasteiger partial charge in [0.1, 0.15) is 5.75 Å². The Morgan fingerprint density at radius 2 is 2.12 bits per heavy atom. The van der Waals surface area contributed by atoms with Crippen LogP contribution in [0.5, 0.6) is 5.75 Å². The number of hydrogen-bond donors (Lipinski definition) is 1. The van der Waals surface area contributed by atoms with Crippen LogP contribution in [0.1, 0.15) is 17.7 Å². The molecule has 1 saturated heterocycles. The van der Waals surface area contributed by atoms with Gasteiger partial charge in [0.15, 0.2) is 0 Å². The summed E-state index contributed by atoms with van der Waals surface area (Å²) in [6.07, 6.45) is 2.02. The quantitative estimate of drug-likeness (QED) is 0.877. The second-order valence-corrected chi connectivity index (χ2v) is 6.78. The lowest BCUT2D eigenvalue weighted by molar-refractivity contribution is -0.123. The number of benzene rings is 1. The predicted octanol–water partition coefficient (Wildman–Crippen LogP) is 3.71. The van der Waals surface area contributed by atoms with Gasteiger partial charge in [0.2, 0.25) is 5.91 Å². The second kappa shape index (κ2) is 9.06. The number of rotatable bonds is 5. The van der Waals surface area contributed by atoms with Crippen LogP contribution in [0.4, 0.5) is 5.69 Å². The number of amides is 1. The van der Waals surface area contributed by atoms with Crippen LogP contribution < -0.4 is 15.0 Å². The number of nitrogens with one attached hydrogen (secondary N) is 1. The first-order valence-electron chi connectivity index (χ1n) is 7.96. The van der Waals surface area contributed by atoms with E-state index in [0.717, 1.165) is 37.4 Å². The number of carbonyl (C=O) groups is 1. The summed E-state index contributed by atoms with van der Waals surface area (Å²) in [6, 6.07) is 11.8. The average Bonchev–Trinajstić information content (AvgIpc) is 3.13. The van der Waals surface area contributed by atoms with Gasteiger partial charge in [-0.1, -0.05) is 6.07 Å². The smallest absolute Gasteiger partial charge is 0.231 e. The molecule has 1 unspecified atom stereocenters. The lowest BCUT2D eigenvalue weighted by Gasteiger charge is -2.29. The third-order valence-corrected chi connectivity index (χ3v) is 5.05. The molecule has 1 N–H and O–H groups in total. The maximum Gasteiger partial charge on any atom is 0.231 e. The molecule has 0 aliphatic carbocycles. The zero-order chi connectivity index (χ0) is 16.1. The molecule has 1 aliphatic heterocycles. The number of methoxy groups -OCH3 is 1. The van der Waals surface area contributed by atoms with E-state index < -0.39 is 0 Å². The van der Waals surface area contributed by atoms with E-state index in [2.05, 4.69) is 11.4 Å². The van der Waals surface area contributed by atoms with Crippen molar-refractivity contribution in [3.63, 3.8) is 0 Å². The molecule has 3 rings (SSSR count). The van der Waals surface area contributed by atoms with Crippen LogP contribution in [-0.4, -0.2) is 26.1 Å². The summed E-state index contributed by atoms with van der Waals surface area (Å²) in [4.78, 5) is 16.1. The fourth-order valence-electron chi connectivity index (χ4n) is 2.90. The third kappa shape index (κ3) is 4.50. The number of thiophene rings is 1. The Labute approximate surface area is 153 Å². The Balaban J connectivity index is 0.00000208. The van der Waals surface area contributed by atoms with Crippen molar-refractivity contribution in [1.82, 2.24) is 5.32 Å². The van der Waals surface area contributed by atoms with Gasteiger partial charge in [0.25, 0.3) is 0 Å². The van der Waals surface area contributed by atoms with Crippen molar-refractivity contribution >= 4 is 35.3 Å². The molecule has 0 bridgehead atoms. The largest absolute Gasteiger partial charge is 0.497 e. The van der Waals surface area contributed by atoms with Crippen LogP contribution in [-0.2, 0) is 11.3 Å². The summed E-state index contributed by atoms with van der Waals surface area (Å²) in [5.41, 5.74) is 0.926. The second-order valence-electron chi connectivity index (χ2n) is 5.75. The molecule has 2 aromatic rings. The first-order chi connectivity index (χ1) is 11.3. The fraction of sp³-hybridized carbons (Fsp3) is 0.389. The van der Waals surface area contributed by atoms with Crippen LogP contribution in [0.15, 0.2) is 41.8 Å². The van der Waals surface area contributed by atoms with Gasteiger partial charge in [-0.3, -0.25) is 4.79 Å². The Morgan fingerprint density at radius 3 is 2.71 bits per heavy atom. The highest BCUT2D eigenvalue weighted by molar-refractivity contribution is 7.09. The topological polar surface area (TPSA) is 41.6 Å². The SMILES string of the molecule is COc1ccc(N(Cc2cccs2)C(=O)C2CCCNC2)cc1.Cl. The van der Waals surface area contributed by atoms with Gasteiger partial charge in [-0.05, 0) is 55.1 Å². The lowest BCUT2D eigenvalue weighted by Crippen LogP contribution is -2.42. The van der Waals surface area contributed by atoms with Crippen molar-refractivity contribution in [1.29, 1.82) is 0 Å². The molecule has 4 nitrogen and oxygen atoms in total. The Morgan fingerprint density at radius 1 is 1.33 bits per heavy atom. The van der Waals surface area contributed by atoms with Crippen LogP contribution in [0, 0.1) is 5.92 Å². The minimum Gasteiger partial charge on any atom is -0.497 e. The Bertz CT molecular complexity index is 625. The standard InChI is InChI=1S/C18H22N2O2S.ClH/c1-22-16-8-6-15(7-9-16)20(13-17-5-3-11-23-17)18(21)14-4-2-10-19-12-14;/h3,5-9,11,14,19H,2,4,10,12-13H2,1H3;1H. The molecule has 1 aromatic carbocycles. The summed E-state index contributed by atoms with van der Waals surface area (Å²) in [5, 5.41) is 5.38. The van der Waals surface area contributed by atoms with Gasteiger partial charge in [-0.25, -0.2) is 0 Å². The van der Waals surface area contributed by atoms with Gasteiger partial charge < -0.3 is 15.0 Å². The summed E-state index contributed by atoms with van der Waals surface area (Å²) in [7, 11) is 1.65. The highest BCUT2D eigenvalue weighted by Crippen LogP contribution is 2.26. The van der Waals surface area contributed by atoms with Crippen LogP contribution in [0.25, 0.3) is 0 Å². The fourth-order valence-corrected chi connectivity index (χ4v) is 3.59. The molecule has 0 spiro atoms. The maximum atomic E-state index is 13.0. The molecule has 0 saturated carbocycles. The van der Waals surface area contributed by atoms with E-state index in [1.165, 1.54) is 4.88 Å². The summed E-state index contributed by atoms with van der Waals surface area (Å²) in [5.74, 6) is 1.07. The Kier molecular flexibility index (Phi) is 7.09. The highest BCUT2D eigenvalue weighted by atomic mass is 35.5. The Hall–Kier alpha value is -1.56. The molecule has 1 aromatic heterocycles. The molecule has 1 aliphatic rings. The van der Waals surface area contributed by atoms with Crippen LogP contribution in [0.2, 0.25) is 0 Å². The van der Waals surface area contributed by atoms with Crippen molar-refractivity contribution in [3.05, 3.63) is 46.7 Å². The van der Waals surface area contributed by atoms with E-state index in [1.807, 2.05) is 40.6 Å². The van der Waals surface area contributed by atoms with Crippen molar-refractivity contribution in [2.75, 3.05) is 25.1 Å². The van der Waals surface area contributed by atoms with Crippen molar-refractivity contribution < 1.29 is 9.53 Å². The minimum absolute atomic E-state index is 0. The maximum absolute atomic E-state index is 13.0. The number of piperidine rings is 1. The van der Waals surface area contributed by atoms with Gasteiger partial charge in [0.05, 0.1) is 19.6 Å². The predicted molar refractivity (Wildman–Crippen MR) is 101 cm³/mol. The number of ether oxygens (including phenoxy) is 1. The number of carbonyl (C=O) groups excluding carboxylic acids is 1. The van der Waals surface area contributed by atoms with Gasteiger partial charge in [-0.2, -0.15) is 0 Å². The van der Waals surface area contributed by atoms with E-state index in [9.17, 15) is 4.79 Å². The van der Waals surface area contributed by atoms with Crippen LogP contribution in [0.3, 0.4) is 0 Å². The molecule has 1 fully saturated rings. The minimum atomic E-state index is 0. The van der Waals surface area contributed by atoms with Gasteiger partial charge >= 0.3 is 0 Å². The molecule has 130 valence electrons. The number of halogens is 1. The first kappa shape index (κ1) is 18.8. The first-order valence-corrected chi connectivity index (χ1v) is 8.84. The molecule has 1 atom stereocenters. The summed E-state index contributed by atoms with van der Waals surface area (Å²) < 4.78 is 5.22. The molecular weight excluding hydrogens is 344 g/mol. The lowest BCUT2D eigenvalue weighted by atomic mass is 9.97. The molecule has 6 heteroatoms. The van der Waals surface area contributed by atoms with Crippen molar-refractivity contribution in [2.45, 2.75) is 19.4 Å². The monoisotopic (exact) mass is 366 g/mol. The van der Waals surface area contributed by atoms with Crippen molar-refractivity contribution in [2.24, 2.45) is 5.92 Å².